The van der Waals surface area contributed by atoms with E-state index in [2.05, 4.69) is 0 Å². The molecule has 0 aliphatic carbocycles. The molecule has 4 aromatic carbocycles. The molecule has 120 heavy (non-hydrogen) atoms. The molecule has 12 rings (SSSR count). The van der Waals surface area contributed by atoms with Gasteiger partial charge in [0.1, 0.15) is 48.5 Å². The first-order valence-corrected chi connectivity index (χ1v) is 41.6. The van der Waals surface area contributed by atoms with Gasteiger partial charge in [-0.3, -0.25) is 38.8 Å². The van der Waals surface area contributed by atoms with E-state index in [9.17, 15) is 30.1 Å². The number of nitrogens with two attached hydrogens (primary N) is 4. The highest BCUT2D eigenvalue weighted by molar-refractivity contribution is 5.77. The van der Waals surface area contributed by atoms with E-state index in [1.807, 2.05) is 55.4 Å². The van der Waals surface area contributed by atoms with Gasteiger partial charge in [0.2, 0.25) is 0 Å². The Morgan fingerprint density at radius 3 is 0.683 bits per heavy atom. The van der Waals surface area contributed by atoms with Gasteiger partial charge in [-0.15, -0.1) is 0 Å². The zero-order valence-electron chi connectivity index (χ0n) is 104. The summed E-state index contributed by atoms with van der Waals surface area (Å²) >= 11 is 0. The Morgan fingerprint density at radius 2 is 0.517 bits per heavy atom. The SMILES string of the molecule is [2H]C([2H])([2H])Oc1cc2c(cc1OC)C1([2H])CC([2H])(OC(=O)[C@@H](N)C(C)C)C(CC(C)C)CN1C([2H])([2H])C2([2H])[2H].[2H]C([2H])([2H])Oc1cc2c(cc1OC)C1([2H])CC([2H])(OC(=O)[C@@H](N)C(C)C)C(CC(C)C)CN1C([2H])([2H])C2([2H])[2H].[2H]C1(OC(=O)[C@@H](N)C(C)C)CC2([2H])c3cc(OC)c(OC)cc3C([2H])([2H])C([2H])([2H])N2CC1CC(C)C.[2H]C1(OC(=O)[C@@H](N)C(C)C)CC2([2H])c3cc(OC)c(OC)cc3C([2H])([2H])C([2H])([2H])N2CC1CC(C)C. The third-order valence-corrected chi connectivity index (χ3v) is 22.4. The number of rotatable bonds is 28. The lowest BCUT2D eigenvalue weighted by Gasteiger charge is -2.47. The predicted octanol–water partition coefficient (Wildman–Crippen LogP) is 14.3. The van der Waals surface area contributed by atoms with Crippen molar-refractivity contribution < 1.29 is 117 Å². The summed E-state index contributed by atoms with van der Waals surface area (Å²) in [7, 11) is 2.32. The fourth-order valence-electron chi connectivity index (χ4n) is 15.5. The molecule has 8 heterocycles. The average molecular weight is 1700 g/mol. The number of nitrogens with zero attached hydrogens (tertiary/aromatic N) is 4. The van der Waals surface area contributed by atoms with Crippen LogP contribution in [0.25, 0.3) is 0 Å². The summed E-state index contributed by atoms with van der Waals surface area (Å²) in [5.74, 6) is -6.71. The maximum atomic E-state index is 12.9. The molecule has 4 saturated heterocycles. The third kappa shape index (κ3) is 23.8. The Balaban J connectivity index is 0.000000222. The molecule has 0 bridgehead atoms. The van der Waals surface area contributed by atoms with E-state index in [1.165, 1.54) is 88.9 Å². The van der Waals surface area contributed by atoms with Crippen LogP contribution < -0.4 is 60.8 Å². The number of benzene rings is 4. The van der Waals surface area contributed by atoms with Crippen LogP contribution in [0.4, 0.5) is 0 Å². The van der Waals surface area contributed by atoms with Crippen LogP contribution in [-0.2, 0) is 63.6 Å². The van der Waals surface area contributed by atoms with Gasteiger partial charge in [0.25, 0.3) is 0 Å². The number of fused-ring (bicyclic) bond motifs is 12. The first kappa shape index (κ1) is 62.0. The van der Waals surface area contributed by atoms with Gasteiger partial charge in [-0.05, 0) is 192 Å². The molecule has 8 N–H and O–H groups in total. The molecule has 16 atom stereocenters. The summed E-state index contributed by atoms with van der Waals surface area (Å²) in [5, 5.41) is 0. The van der Waals surface area contributed by atoms with E-state index >= 15 is 0 Å². The molecule has 672 valence electrons. The molecule has 24 heteroatoms. The van der Waals surface area contributed by atoms with Crippen molar-refractivity contribution in [2.45, 2.75) is 260 Å². The van der Waals surface area contributed by atoms with Crippen molar-refractivity contribution in [3.63, 3.8) is 0 Å². The lowest BCUT2D eigenvalue weighted by molar-refractivity contribution is -0.161. The maximum Gasteiger partial charge on any atom is 0.323 e. The van der Waals surface area contributed by atoms with Gasteiger partial charge in [0.05, 0.1) is 75.9 Å². The number of methoxy groups -OCH3 is 8. The monoisotopic (exact) mass is 1700 g/mol. The largest absolute Gasteiger partial charge is 0.493 e. The van der Waals surface area contributed by atoms with Crippen molar-refractivity contribution in [1.29, 1.82) is 0 Å². The molecular weight excluding hydrogens is 1520 g/mol. The number of carbonyl (C=O) groups is 4. The van der Waals surface area contributed by atoms with Crippen molar-refractivity contribution in [2.75, 3.05) is 109 Å². The van der Waals surface area contributed by atoms with Crippen LogP contribution in [-0.4, -0.2) is 201 Å². The Morgan fingerprint density at radius 1 is 0.333 bits per heavy atom. The summed E-state index contributed by atoms with van der Waals surface area (Å²) in [6.07, 6.45) is -18.5. The van der Waals surface area contributed by atoms with Crippen LogP contribution in [0.1, 0.15) is 272 Å². The second kappa shape index (κ2) is 43.9. The third-order valence-electron chi connectivity index (χ3n) is 22.4. The van der Waals surface area contributed by atoms with Gasteiger partial charge in [-0.25, -0.2) is 0 Å². The molecule has 12 unspecified atom stereocenters. The maximum absolute atomic E-state index is 12.9. The Hall–Kier alpha value is -7.16. The van der Waals surface area contributed by atoms with Gasteiger partial charge < -0.3 is 79.8 Å². The predicted molar refractivity (Wildman–Crippen MR) is 471 cm³/mol. The van der Waals surface area contributed by atoms with E-state index in [0.717, 1.165) is 21.9 Å². The second-order valence-electron chi connectivity index (χ2n) is 34.6. The number of piperidine rings is 4. The summed E-state index contributed by atoms with van der Waals surface area (Å²) in [5.41, 5.74) is 23.5. The quantitative estimate of drug-likeness (QED) is 0.0303. The molecule has 0 radical (unpaired) electrons. The lowest BCUT2D eigenvalue weighted by Crippen LogP contribution is -2.51. The first-order valence-electron chi connectivity index (χ1n) is 56.6. The Bertz CT molecular complexity index is 5190. The van der Waals surface area contributed by atoms with Crippen LogP contribution in [0.15, 0.2) is 48.5 Å². The molecule has 0 spiro atoms. The topological polar surface area (TPSA) is 296 Å². The fourth-order valence-corrected chi connectivity index (χ4v) is 15.5. The number of carbonyl (C=O) groups excluding carboxylic acids is 4. The van der Waals surface area contributed by atoms with Crippen LogP contribution in [0.2, 0.25) is 0 Å². The molecule has 0 saturated carbocycles. The van der Waals surface area contributed by atoms with Gasteiger partial charge in [0, 0.05) is 148 Å². The normalized spacial score (nSPS) is 37.0. The van der Waals surface area contributed by atoms with Crippen LogP contribution >= 0.6 is 0 Å². The zero-order chi connectivity index (χ0) is 115. The number of esters is 4. The van der Waals surface area contributed by atoms with E-state index < -0.39 is 211 Å². The fraction of sp³-hybridized carbons (Fsp3) is 0.708. The van der Waals surface area contributed by atoms with Crippen LogP contribution in [0.3, 0.4) is 0 Å². The summed E-state index contributed by atoms with van der Waals surface area (Å²) in [6.45, 7) is 17.9. The van der Waals surface area contributed by atoms with E-state index in [-0.39, 0.29) is 164 Å². The highest BCUT2D eigenvalue weighted by atomic mass is 16.6. The number of hydrogen-bond acceptors (Lipinski definition) is 24. The molecule has 0 aromatic heterocycles. The average Bonchev–Trinajstić information content (AvgIpc) is 0.694. The molecular formula is C96H152N8O16. The highest BCUT2D eigenvalue weighted by Gasteiger charge is 2.47. The minimum absolute atomic E-state index is 0.0230. The summed E-state index contributed by atoms with van der Waals surface area (Å²) in [4.78, 5) is 56.2. The van der Waals surface area contributed by atoms with Gasteiger partial charge >= 0.3 is 23.9 Å². The standard InChI is InChI=1S/4C24H38N2O4/c4*1-14(2)9-17-13-26-8-7-16-10-21(28-5)22(29-6)11-18(16)19(26)12-20(17)30-24(27)23(25)15(3)4/h4*10-11,14-15,17,19-20,23H,7-9,12-13,25H2,1-6H3/t4*17?,19?,20?,23-/m0000/s1/i2*5D3,7D2,8D2,19D,20D;2*7D2,8D2,19D,20D. The van der Waals surface area contributed by atoms with Crippen LogP contribution in [0.5, 0.6) is 46.0 Å². The minimum Gasteiger partial charge on any atom is -0.493 e. The molecule has 4 aromatic rings. The van der Waals surface area contributed by atoms with E-state index in [1.54, 1.807) is 55.4 Å². The highest BCUT2D eigenvalue weighted by Crippen LogP contribution is 2.50. The molecule has 0 amide bonds. The smallest absolute Gasteiger partial charge is 0.323 e. The molecule has 8 aliphatic rings. The van der Waals surface area contributed by atoms with Crippen molar-refractivity contribution in [2.24, 2.45) is 93.9 Å². The first-order chi connectivity index (χ1) is 68.1. The van der Waals surface area contributed by atoms with Gasteiger partial charge in [-0.1, -0.05) is 111 Å². The number of ether oxygens (including phenoxy) is 12. The summed E-state index contributed by atoms with van der Waals surface area (Å²) < 4.78 is 326. The van der Waals surface area contributed by atoms with Gasteiger partial charge in [0.15, 0.2) is 46.0 Å². The lowest BCUT2D eigenvalue weighted by atomic mass is 9.79. The van der Waals surface area contributed by atoms with Crippen molar-refractivity contribution in [3.05, 3.63) is 93.0 Å². The second-order valence-corrected chi connectivity index (χ2v) is 34.6. The number of hydrogen-bond donors (Lipinski definition) is 4. The van der Waals surface area contributed by atoms with Crippen LogP contribution in [0, 0.1) is 71.0 Å². The molecule has 8 aliphatic heterocycles. The van der Waals surface area contributed by atoms with Crippen molar-refractivity contribution in [3.8, 4) is 46.0 Å². The van der Waals surface area contributed by atoms with Crippen molar-refractivity contribution >= 4 is 23.9 Å². The zero-order valence-corrected chi connectivity index (χ0v) is 74.0. The van der Waals surface area contributed by atoms with E-state index in [0.29, 0.717) is 25.7 Å². The molecule has 4 fully saturated rings. The Labute approximate surface area is 760 Å². The van der Waals surface area contributed by atoms with Crippen molar-refractivity contribution in [1.82, 2.24) is 19.6 Å². The van der Waals surface area contributed by atoms with Gasteiger partial charge in [-0.2, -0.15) is 0 Å². The Kier molecular flexibility index (Phi) is 22.7. The minimum atomic E-state index is -2.90. The summed E-state index contributed by atoms with van der Waals surface area (Å²) in [6, 6.07) is -1.75. The molecule has 24 nitrogen and oxygen atoms in total. The van der Waals surface area contributed by atoms with E-state index in [4.69, 9.17) is 110 Å². The number of aryl methyl sites for hydroxylation is 4.